The zero-order valence-corrected chi connectivity index (χ0v) is 24.7. The minimum Gasteiger partial charge on any atom is -0.395 e. The molecule has 1 spiro atoms. The number of amides is 3. The van der Waals surface area contributed by atoms with Crippen LogP contribution in [0, 0.1) is 11.8 Å². The van der Waals surface area contributed by atoms with E-state index in [1.54, 1.807) is 33.7 Å². The van der Waals surface area contributed by atoms with Crippen LogP contribution < -0.4 is 4.90 Å². The molecule has 3 saturated heterocycles. The van der Waals surface area contributed by atoms with Gasteiger partial charge in [-0.3, -0.25) is 14.4 Å². The summed E-state index contributed by atoms with van der Waals surface area (Å²) >= 11 is 5.42. The van der Waals surface area contributed by atoms with E-state index in [-0.39, 0.29) is 41.0 Å². The molecule has 3 heterocycles. The van der Waals surface area contributed by atoms with Crippen LogP contribution in [0.4, 0.5) is 5.69 Å². The fourth-order valence-corrected chi connectivity index (χ4v) is 10.2. The summed E-state index contributed by atoms with van der Waals surface area (Å²) in [5.74, 6) is -1.83. The number of fused-ring (bicyclic) bond motifs is 1. The van der Waals surface area contributed by atoms with Crippen molar-refractivity contribution in [2.75, 3.05) is 31.1 Å². The molecule has 2 aromatic carbocycles. The molecule has 3 unspecified atom stereocenters. The monoisotopic (exact) mass is 623 g/mol. The van der Waals surface area contributed by atoms with Crippen molar-refractivity contribution in [1.29, 1.82) is 0 Å². The maximum atomic E-state index is 14.4. The number of β-amino-alcohol motifs (C(OH)–C–C–N with tert-alkyl or cyclic N) is 1. The Labute approximate surface area is 248 Å². The van der Waals surface area contributed by atoms with Crippen molar-refractivity contribution in [3.05, 3.63) is 91.5 Å². The number of anilines is 1. The predicted molar refractivity (Wildman–Crippen MR) is 162 cm³/mol. The number of para-hydroxylation sites is 1. The molecule has 0 saturated carbocycles. The van der Waals surface area contributed by atoms with Gasteiger partial charge in [-0.1, -0.05) is 76.6 Å². The molecule has 210 valence electrons. The van der Waals surface area contributed by atoms with Gasteiger partial charge in [0.15, 0.2) is 0 Å². The van der Waals surface area contributed by atoms with E-state index in [1.807, 2.05) is 60.7 Å². The quantitative estimate of drug-likeness (QED) is 0.304. The first-order valence-corrected chi connectivity index (χ1v) is 15.3. The fraction of sp³-hybridized carbons (Fsp3) is 0.387. The van der Waals surface area contributed by atoms with E-state index in [4.69, 9.17) is 0 Å². The van der Waals surface area contributed by atoms with Crippen molar-refractivity contribution in [3.63, 3.8) is 0 Å². The normalized spacial score (nSPS) is 28.3. The van der Waals surface area contributed by atoms with Crippen LogP contribution in [-0.2, 0) is 20.9 Å². The average molecular weight is 625 g/mol. The van der Waals surface area contributed by atoms with E-state index < -0.39 is 22.6 Å². The molecule has 0 aliphatic carbocycles. The molecule has 2 aromatic rings. The molecular weight excluding hydrogens is 590 g/mol. The molecule has 3 fully saturated rings. The Morgan fingerprint density at radius 2 is 1.70 bits per heavy atom. The van der Waals surface area contributed by atoms with E-state index in [9.17, 15) is 19.5 Å². The second kappa shape index (κ2) is 11.9. The van der Waals surface area contributed by atoms with Crippen LogP contribution in [-0.4, -0.2) is 79.7 Å². The van der Waals surface area contributed by atoms with Crippen molar-refractivity contribution in [2.24, 2.45) is 11.8 Å². The summed E-state index contributed by atoms with van der Waals surface area (Å²) < 4.78 is -0.783. The molecule has 3 aliphatic heterocycles. The van der Waals surface area contributed by atoms with Gasteiger partial charge in [-0.25, -0.2) is 0 Å². The molecule has 0 radical (unpaired) electrons. The Balaban J connectivity index is 1.53. The first-order chi connectivity index (χ1) is 19.4. The van der Waals surface area contributed by atoms with Gasteiger partial charge in [-0.15, -0.1) is 24.9 Å². The second-order valence-electron chi connectivity index (χ2n) is 10.5. The van der Waals surface area contributed by atoms with E-state index in [0.717, 1.165) is 11.3 Å². The van der Waals surface area contributed by atoms with Gasteiger partial charge in [0.25, 0.3) is 0 Å². The van der Waals surface area contributed by atoms with E-state index in [1.165, 1.54) is 4.90 Å². The Morgan fingerprint density at radius 1 is 1.05 bits per heavy atom. The molecule has 2 bridgehead atoms. The molecule has 7 nitrogen and oxygen atoms in total. The first kappa shape index (κ1) is 28.6. The number of benzene rings is 2. The number of carbonyl (C=O) groups is 3. The lowest BCUT2D eigenvalue weighted by Gasteiger charge is -2.38. The van der Waals surface area contributed by atoms with Gasteiger partial charge in [-0.2, -0.15) is 0 Å². The van der Waals surface area contributed by atoms with Gasteiger partial charge in [0, 0.05) is 41.9 Å². The number of thioether (sulfide) groups is 1. The van der Waals surface area contributed by atoms with Crippen LogP contribution in [0.25, 0.3) is 0 Å². The van der Waals surface area contributed by atoms with Gasteiger partial charge in [-0.05, 0) is 24.1 Å². The number of likely N-dealkylation sites (tertiary alicyclic amines) is 1. The van der Waals surface area contributed by atoms with Crippen LogP contribution in [0.15, 0.2) is 86.0 Å². The van der Waals surface area contributed by atoms with Gasteiger partial charge in [0.2, 0.25) is 17.7 Å². The minimum atomic E-state index is -0.793. The van der Waals surface area contributed by atoms with E-state index in [0.29, 0.717) is 26.1 Å². The third-order valence-electron chi connectivity index (χ3n) is 8.17. The number of carbonyl (C=O) groups excluding carboxylic acids is 3. The first-order valence-electron chi connectivity index (χ1n) is 13.5. The molecule has 1 N–H and O–H groups in total. The van der Waals surface area contributed by atoms with Crippen molar-refractivity contribution in [2.45, 2.75) is 33.8 Å². The third-order valence-corrected chi connectivity index (χ3v) is 11.4. The third kappa shape index (κ3) is 4.82. The second-order valence-corrected chi connectivity index (χ2v) is 13.2. The number of rotatable bonds is 11. The molecule has 9 heteroatoms. The van der Waals surface area contributed by atoms with Crippen molar-refractivity contribution in [1.82, 2.24) is 9.80 Å². The van der Waals surface area contributed by atoms with Crippen molar-refractivity contribution in [3.8, 4) is 0 Å². The van der Waals surface area contributed by atoms with Gasteiger partial charge >= 0.3 is 0 Å². The highest BCUT2D eigenvalue weighted by atomic mass is 79.9. The van der Waals surface area contributed by atoms with Gasteiger partial charge in [0.1, 0.15) is 6.04 Å². The number of hydrogen-bond donors (Lipinski definition) is 1. The van der Waals surface area contributed by atoms with E-state index >= 15 is 0 Å². The summed E-state index contributed by atoms with van der Waals surface area (Å²) in [5.41, 5.74) is 1.72. The molecular formula is C31H34BrN3O4S. The Bertz CT molecular complexity index is 1280. The standard InChI is InChI=1S/C31H34BrN3O4S/c1-3-15-33(20-21-11-7-5-8-12-21)30(39)27-31-19-23(32)26(40-31)24(25(31)29(38)35(27)17-18-36)28(37)34(16-4-2)22-13-9-6-10-14-22/h3-14,23-27,36H,1-2,15-20H2/t23?,24-,25-,26-,27?,31?/m0/s1. The summed E-state index contributed by atoms with van der Waals surface area (Å²) in [5, 5.41) is 9.79. The predicted octanol–water partition coefficient (Wildman–Crippen LogP) is 3.88. The van der Waals surface area contributed by atoms with Crippen LogP contribution in [0.2, 0.25) is 0 Å². The largest absolute Gasteiger partial charge is 0.395 e. The summed E-state index contributed by atoms with van der Waals surface area (Å²) in [7, 11) is 0. The van der Waals surface area contributed by atoms with Crippen LogP contribution in [0.3, 0.4) is 0 Å². The lowest BCUT2D eigenvalue weighted by atomic mass is 9.70. The van der Waals surface area contributed by atoms with E-state index in [2.05, 4.69) is 29.1 Å². The summed E-state index contributed by atoms with van der Waals surface area (Å²) in [6.07, 6.45) is 3.96. The fourth-order valence-electron chi connectivity index (χ4n) is 6.64. The van der Waals surface area contributed by atoms with Crippen LogP contribution in [0.1, 0.15) is 12.0 Å². The number of alkyl halides is 1. The minimum absolute atomic E-state index is 0.0366. The lowest BCUT2D eigenvalue weighted by molar-refractivity contribution is -0.143. The lowest BCUT2D eigenvalue weighted by Crippen LogP contribution is -2.56. The summed E-state index contributed by atoms with van der Waals surface area (Å²) in [6.45, 7) is 8.49. The highest BCUT2D eigenvalue weighted by Gasteiger charge is 2.76. The maximum Gasteiger partial charge on any atom is 0.247 e. The molecule has 0 aromatic heterocycles. The molecule has 40 heavy (non-hydrogen) atoms. The van der Waals surface area contributed by atoms with Crippen LogP contribution >= 0.6 is 27.7 Å². The van der Waals surface area contributed by atoms with Gasteiger partial charge in [0.05, 0.1) is 23.2 Å². The Hall–Kier alpha value is -2.88. The maximum absolute atomic E-state index is 14.4. The number of halogens is 1. The highest BCUT2D eigenvalue weighted by Crippen LogP contribution is 2.68. The van der Waals surface area contributed by atoms with Crippen molar-refractivity contribution >= 4 is 51.1 Å². The zero-order valence-electron chi connectivity index (χ0n) is 22.3. The molecule has 3 aliphatic rings. The highest BCUT2D eigenvalue weighted by molar-refractivity contribution is 9.09. The summed E-state index contributed by atoms with van der Waals surface area (Å²) in [4.78, 5) is 47.8. The zero-order chi connectivity index (χ0) is 28.4. The SMILES string of the molecule is C=CCN(Cc1ccccc1)C(=O)C1N(CCO)C(=O)[C@@H]2[C@H](C(=O)N(CC=C)c3ccccc3)[C@H]3SC12CC3Br. The molecule has 3 amide bonds. The average Bonchev–Trinajstić information content (AvgIpc) is 3.55. The number of hydrogen-bond acceptors (Lipinski definition) is 5. The van der Waals surface area contributed by atoms with Gasteiger partial charge < -0.3 is 19.8 Å². The topological polar surface area (TPSA) is 81.2 Å². The molecule has 5 rings (SSSR count). The molecule has 6 atom stereocenters. The smallest absolute Gasteiger partial charge is 0.247 e. The number of aliphatic hydroxyl groups excluding tert-OH is 1. The number of nitrogens with zero attached hydrogens (tertiary/aromatic N) is 3. The Morgan fingerprint density at radius 3 is 2.33 bits per heavy atom. The Kier molecular flexibility index (Phi) is 8.54. The number of aliphatic hydroxyl groups is 1. The van der Waals surface area contributed by atoms with Crippen molar-refractivity contribution < 1.29 is 19.5 Å². The summed E-state index contributed by atoms with van der Waals surface area (Å²) in [6, 6.07) is 18.3. The van der Waals surface area contributed by atoms with Crippen LogP contribution in [0.5, 0.6) is 0 Å².